The third-order valence-corrected chi connectivity index (χ3v) is 24.9. The zero-order valence-corrected chi connectivity index (χ0v) is 26.6. The molecule has 0 saturated carbocycles. The zero-order valence-electron chi connectivity index (χ0n) is 23.7. The molecule has 0 aromatic heterocycles. The van der Waals surface area contributed by atoms with Gasteiger partial charge in [-0.2, -0.15) is 0 Å². The Balaban J connectivity index is 2.23. The van der Waals surface area contributed by atoms with Gasteiger partial charge in [-0.15, -0.1) is 0 Å². The number of para-hydroxylation sites is 2. The Morgan fingerprint density at radius 1 is 0.667 bits per heavy atom. The molecule has 2 unspecified atom stereocenters. The van der Waals surface area contributed by atoms with Crippen LogP contribution in [-0.2, 0) is 0 Å². The number of hydrogen-bond acceptors (Lipinski definition) is 2. The average Bonchev–Trinajstić information content (AvgIpc) is 2.91. The van der Waals surface area contributed by atoms with Crippen molar-refractivity contribution < 1.29 is 7.81 Å². The van der Waals surface area contributed by atoms with E-state index in [4.69, 9.17) is 7.81 Å². The van der Waals surface area contributed by atoms with Crippen LogP contribution in [0.5, 0.6) is 11.5 Å². The van der Waals surface area contributed by atoms with E-state index in [2.05, 4.69) is 88.4 Å². The summed E-state index contributed by atoms with van der Waals surface area (Å²) < 4.78 is 17.8. The molecule has 0 spiro atoms. The molecular formula is C33H52O2Sn. The van der Waals surface area contributed by atoms with Gasteiger partial charge in [0.15, 0.2) is 0 Å². The molecule has 2 atom stereocenters. The molecule has 0 amide bonds. The number of benzene rings is 2. The Bertz CT molecular complexity index is 783. The maximum absolute atomic E-state index is 7.56. The fourth-order valence-electron chi connectivity index (χ4n) is 7.03. The van der Waals surface area contributed by atoms with E-state index >= 15 is 0 Å². The van der Waals surface area contributed by atoms with Crippen molar-refractivity contribution in [3.8, 4) is 11.5 Å². The van der Waals surface area contributed by atoms with Gasteiger partial charge in [-0.1, -0.05) is 0 Å². The Kier molecular flexibility index (Phi) is 12.0. The van der Waals surface area contributed by atoms with Crippen molar-refractivity contribution >= 4 is 18.8 Å². The number of hydrogen-bond donors (Lipinski definition) is 0. The van der Waals surface area contributed by atoms with Gasteiger partial charge < -0.3 is 0 Å². The van der Waals surface area contributed by atoms with Gasteiger partial charge in [-0.3, -0.25) is 0 Å². The van der Waals surface area contributed by atoms with Gasteiger partial charge in [0.05, 0.1) is 0 Å². The number of ether oxygens (including phenoxy) is 1. The van der Waals surface area contributed by atoms with Gasteiger partial charge >= 0.3 is 228 Å². The molecule has 0 bridgehead atoms. The van der Waals surface area contributed by atoms with Crippen LogP contribution in [0.15, 0.2) is 60.7 Å². The quantitative estimate of drug-likeness (QED) is 0.179. The monoisotopic (exact) mass is 600 g/mol. The standard InChI is InChI=1S/C23H38O.C6H6O.C4H9.Sn/c1-5-9-15-21(16-10-6-2)23(19-8-4,20-11-7-3)24-22-17-13-12-14-18-22;7-6-4-2-1-3-5-6;1-3-4-2;/h12-14,17-18H,4-11,15-16,19-20H2,1-3H3;1-5,7H;1,3-4H2,2H3;/q;;;+1/p-1. The van der Waals surface area contributed by atoms with Gasteiger partial charge in [0.2, 0.25) is 0 Å². The second kappa shape index (κ2) is 14.7. The van der Waals surface area contributed by atoms with Gasteiger partial charge in [-0.05, 0) is 0 Å². The normalized spacial score (nSPS) is 23.3. The van der Waals surface area contributed by atoms with E-state index in [0.29, 0.717) is 0 Å². The summed E-state index contributed by atoms with van der Waals surface area (Å²) in [6.45, 7) is 9.43. The predicted octanol–water partition coefficient (Wildman–Crippen LogP) is 10.7. The molecule has 3 rings (SSSR count). The van der Waals surface area contributed by atoms with Crippen LogP contribution in [0.3, 0.4) is 0 Å². The molecule has 0 radical (unpaired) electrons. The van der Waals surface area contributed by atoms with Crippen LogP contribution in [-0.4, -0.2) is 24.4 Å². The minimum absolute atomic E-state index is 0.119. The van der Waals surface area contributed by atoms with E-state index < -0.39 is 18.8 Å². The van der Waals surface area contributed by atoms with Crippen LogP contribution in [0.2, 0.25) is 12.3 Å². The molecule has 2 aromatic carbocycles. The molecule has 1 heterocycles. The van der Waals surface area contributed by atoms with Gasteiger partial charge in [0.25, 0.3) is 0 Å². The Morgan fingerprint density at radius 3 is 1.75 bits per heavy atom. The first-order valence-electron chi connectivity index (χ1n) is 15.1. The molecule has 200 valence electrons. The van der Waals surface area contributed by atoms with Crippen LogP contribution in [0.25, 0.3) is 0 Å². The summed E-state index contributed by atoms with van der Waals surface area (Å²) in [5.74, 6) is 2.18. The molecule has 3 heteroatoms. The topological polar surface area (TPSA) is 18.5 Å². The summed E-state index contributed by atoms with van der Waals surface area (Å²) in [5, 5.41) is 0. The van der Waals surface area contributed by atoms with E-state index in [9.17, 15) is 0 Å². The van der Waals surface area contributed by atoms with E-state index in [0.717, 1.165) is 17.9 Å². The molecule has 1 saturated heterocycles. The third kappa shape index (κ3) is 6.63. The minimum atomic E-state index is -3.31. The second-order valence-electron chi connectivity index (χ2n) is 11.2. The van der Waals surface area contributed by atoms with Crippen molar-refractivity contribution in [3.05, 3.63) is 60.7 Å². The molecule has 36 heavy (non-hydrogen) atoms. The predicted molar refractivity (Wildman–Crippen MR) is 158 cm³/mol. The van der Waals surface area contributed by atoms with E-state index in [1.54, 1.807) is 0 Å². The molecule has 2 nitrogen and oxygen atoms in total. The fraction of sp³-hybridized carbons (Fsp3) is 0.636. The van der Waals surface area contributed by atoms with Crippen LogP contribution in [0.4, 0.5) is 0 Å². The first-order chi connectivity index (χ1) is 17.6. The van der Waals surface area contributed by atoms with Crippen LogP contribution >= 0.6 is 0 Å². The zero-order chi connectivity index (χ0) is 25.7. The summed E-state index contributed by atoms with van der Waals surface area (Å²) in [6, 6.07) is 21.6. The summed E-state index contributed by atoms with van der Waals surface area (Å²) in [5.41, 5.74) is -0.119. The van der Waals surface area contributed by atoms with Crippen molar-refractivity contribution in [1.82, 2.24) is 0 Å². The number of rotatable bonds is 16. The van der Waals surface area contributed by atoms with E-state index in [-0.39, 0.29) is 9.03 Å². The SMILES string of the molecule is CCCCC1(Oc2ccccc2)CC[CH2][Sn]([CH2]CCC)([O]c2ccccc2)[C]1(CCCC)CCCC. The average molecular weight is 599 g/mol. The van der Waals surface area contributed by atoms with Gasteiger partial charge in [-0.25, -0.2) is 0 Å². The number of unbranched alkanes of at least 4 members (excludes halogenated alkanes) is 4. The molecule has 0 aliphatic carbocycles. The Labute approximate surface area is 227 Å². The maximum atomic E-state index is 7.56. The molecule has 1 aliphatic rings. The van der Waals surface area contributed by atoms with Crippen LogP contribution in [0.1, 0.15) is 111 Å². The Morgan fingerprint density at radius 2 is 1.19 bits per heavy atom. The van der Waals surface area contributed by atoms with Crippen LogP contribution in [0, 0.1) is 0 Å². The molecule has 2 aromatic rings. The van der Waals surface area contributed by atoms with E-state index in [1.807, 2.05) is 0 Å². The van der Waals surface area contributed by atoms with Crippen LogP contribution < -0.4 is 7.81 Å². The van der Waals surface area contributed by atoms with Crippen molar-refractivity contribution in [3.63, 3.8) is 0 Å². The fourth-order valence-corrected chi connectivity index (χ4v) is 24.9. The van der Waals surface area contributed by atoms with Crippen molar-refractivity contribution in [2.75, 3.05) is 0 Å². The van der Waals surface area contributed by atoms with Gasteiger partial charge in [0.1, 0.15) is 0 Å². The third-order valence-electron chi connectivity index (χ3n) is 8.80. The summed E-state index contributed by atoms with van der Waals surface area (Å²) >= 11 is -3.31. The van der Waals surface area contributed by atoms with Crippen molar-refractivity contribution in [2.45, 2.75) is 129 Å². The molecular weight excluding hydrogens is 547 g/mol. The second-order valence-corrected chi connectivity index (χ2v) is 23.0. The molecule has 1 fully saturated rings. The molecule has 0 N–H and O–H groups in total. The van der Waals surface area contributed by atoms with Crippen molar-refractivity contribution in [2.24, 2.45) is 0 Å². The summed E-state index contributed by atoms with van der Waals surface area (Å²) in [4.78, 5) is 0. The summed E-state index contributed by atoms with van der Waals surface area (Å²) in [6.07, 6.45) is 16.2. The van der Waals surface area contributed by atoms with Crippen molar-refractivity contribution in [1.29, 1.82) is 0 Å². The first-order valence-corrected chi connectivity index (χ1v) is 21.7. The Hall–Kier alpha value is -1.16. The van der Waals surface area contributed by atoms with Gasteiger partial charge in [0, 0.05) is 0 Å². The summed E-state index contributed by atoms with van der Waals surface area (Å²) in [7, 11) is 0. The first kappa shape index (κ1) is 29.4. The van der Waals surface area contributed by atoms with E-state index in [1.165, 1.54) is 85.9 Å². The molecule has 1 aliphatic heterocycles.